The molecule has 4 aromatic rings. The zero-order chi connectivity index (χ0) is 32.4. The third-order valence-electron chi connectivity index (χ3n) is 9.28. The lowest BCUT2D eigenvalue weighted by molar-refractivity contribution is -0.384. The second-order valence-electron chi connectivity index (χ2n) is 12.0. The number of nitrogens with two attached hydrogens (primary N) is 1. The van der Waals surface area contributed by atoms with Crippen LogP contribution in [-0.4, -0.2) is 80.4 Å². The number of carbonyl (C=O) groups is 1. The number of aromatic nitrogens is 2. The topological polar surface area (TPSA) is 201 Å². The Kier molecular flexibility index (Phi) is 6.96. The third kappa shape index (κ3) is 4.82. The summed E-state index contributed by atoms with van der Waals surface area (Å²) in [5, 5.41) is 16.3. The molecule has 8 rings (SSSR count). The Labute approximate surface area is 268 Å². The zero-order valence-electron chi connectivity index (χ0n) is 24.9. The number of nitrogens with one attached hydrogen (secondary N) is 2. The highest BCUT2D eigenvalue weighted by molar-refractivity contribution is 7.91. The standard InChI is InChI=1S/C31H30N6O9S/c32-29(38)19-2-1-3-26(28(19)36-22-10-17-4-7-33-30(17)35-31(22)46-25-15-44-14-23(25)36)47(41,42)18-11-21(37(39)40)27-24(12-18)45-13-20(34-27)16-5-8-43-9-6-16/h1-4,7,10-12,16,20,23,25,34H,5-6,8-9,13-15H2,(H2,32,38)(H,33,35)/t20-,23+,25-/m0/s1. The average molecular weight is 663 g/mol. The lowest BCUT2D eigenvalue weighted by Crippen LogP contribution is -2.47. The van der Waals surface area contributed by atoms with E-state index in [-0.39, 0.29) is 70.1 Å². The van der Waals surface area contributed by atoms with Gasteiger partial charge in [-0.3, -0.25) is 14.9 Å². The molecule has 3 atom stereocenters. The van der Waals surface area contributed by atoms with Gasteiger partial charge in [-0.05, 0) is 43.0 Å². The van der Waals surface area contributed by atoms with Crippen molar-refractivity contribution < 1.29 is 37.1 Å². The van der Waals surface area contributed by atoms with E-state index >= 15 is 0 Å². The van der Waals surface area contributed by atoms with E-state index in [1.165, 1.54) is 24.3 Å². The number of fused-ring (bicyclic) bond motifs is 4. The Morgan fingerprint density at radius 2 is 1.91 bits per heavy atom. The van der Waals surface area contributed by atoms with Gasteiger partial charge < -0.3 is 39.9 Å². The van der Waals surface area contributed by atoms with Gasteiger partial charge in [0, 0.05) is 36.9 Å². The molecule has 4 N–H and O–H groups in total. The summed E-state index contributed by atoms with van der Waals surface area (Å²) in [4.78, 5) is 33.4. The number of rotatable bonds is 6. The number of pyridine rings is 1. The van der Waals surface area contributed by atoms with Gasteiger partial charge in [0.25, 0.3) is 11.6 Å². The number of ether oxygens (including phenoxy) is 4. The van der Waals surface area contributed by atoms with E-state index in [0.29, 0.717) is 24.5 Å². The fraction of sp³-hybridized carbons (Fsp3) is 0.355. The number of H-pyrrole nitrogens is 1. The molecule has 2 fully saturated rings. The summed E-state index contributed by atoms with van der Waals surface area (Å²) >= 11 is 0. The molecule has 47 heavy (non-hydrogen) atoms. The predicted molar refractivity (Wildman–Crippen MR) is 167 cm³/mol. The number of hydrogen-bond acceptors (Lipinski definition) is 12. The summed E-state index contributed by atoms with van der Waals surface area (Å²) in [6.07, 6.45) is 2.74. The Bertz CT molecular complexity index is 2040. The van der Waals surface area contributed by atoms with Crippen molar-refractivity contribution >= 4 is 49.5 Å². The molecular formula is C31H30N6O9S. The van der Waals surface area contributed by atoms with E-state index in [9.17, 15) is 23.3 Å². The number of aromatic amines is 1. The first-order chi connectivity index (χ1) is 22.7. The Hall–Kier alpha value is -4.93. The van der Waals surface area contributed by atoms with E-state index in [1.807, 2.05) is 6.07 Å². The summed E-state index contributed by atoms with van der Waals surface area (Å²) < 4.78 is 52.7. The molecule has 2 saturated heterocycles. The summed E-state index contributed by atoms with van der Waals surface area (Å²) in [7, 11) is -4.55. The molecule has 16 heteroatoms. The summed E-state index contributed by atoms with van der Waals surface area (Å²) in [6, 6.07) is 9.37. The van der Waals surface area contributed by atoms with Crippen molar-refractivity contribution in [3.8, 4) is 11.6 Å². The van der Waals surface area contributed by atoms with Crippen LogP contribution in [0.15, 0.2) is 58.5 Å². The van der Waals surface area contributed by atoms with Crippen LogP contribution in [0.1, 0.15) is 23.2 Å². The second kappa shape index (κ2) is 11.1. The van der Waals surface area contributed by atoms with Crippen molar-refractivity contribution in [2.45, 2.75) is 40.8 Å². The number of sulfone groups is 1. The fourth-order valence-corrected chi connectivity index (χ4v) is 8.43. The Morgan fingerprint density at radius 1 is 1.09 bits per heavy atom. The predicted octanol–water partition coefficient (Wildman–Crippen LogP) is 3.30. The van der Waals surface area contributed by atoms with Gasteiger partial charge in [-0.15, -0.1) is 0 Å². The van der Waals surface area contributed by atoms with Crippen molar-refractivity contribution in [3.63, 3.8) is 0 Å². The summed E-state index contributed by atoms with van der Waals surface area (Å²) in [6.45, 7) is 1.77. The van der Waals surface area contributed by atoms with Gasteiger partial charge >= 0.3 is 0 Å². The van der Waals surface area contributed by atoms with Gasteiger partial charge in [0.2, 0.25) is 15.7 Å². The van der Waals surface area contributed by atoms with Crippen molar-refractivity contribution in [2.75, 3.05) is 43.3 Å². The summed E-state index contributed by atoms with van der Waals surface area (Å²) in [5.74, 6) is -0.411. The molecule has 0 aliphatic carbocycles. The molecule has 0 saturated carbocycles. The number of para-hydroxylation sites is 1. The second-order valence-corrected chi connectivity index (χ2v) is 13.9. The average Bonchev–Trinajstić information content (AvgIpc) is 3.74. The normalized spacial score (nSPS) is 22.4. The molecule has 15 nitrogen and oxygen atoms in total. The maximum Gasteiger partial charge on any atom is 0.297 e. The largest absolute Gasteiger partial charge is 0.489 e. The van der Waals surface area contributed by atoms with Crippen molar-refractivity contribution in [1.29, 1.82) is 0 Å². The lowest BCUT2D eigenvalue weighted by atomic mass is 9.91. The lowest BCUT2D eigenvalue weighted by Gasteiger charge is -2.40. The van der Waals surface area contributed by atoms with Crippen molar-refractivity contribution in [3.05, 3.63) is 64.3 Å². The minimum atomic E-state index is -4.55. The van der Waals surface area contributed by atoms with Crippen LogP contribution in [-0.2, 0) is 19.3 Å². The first kappa shape index (κ1) is 29.5. The van der Waals surface area contributed by atoms with Gasteiger partial charge in [-0.2, -0.15) is 4.98 Å². The molecule has 0 unspecified atom stereocenters. The van der Waals surface area contributed by atoms with Crippen LogP contribution in [0, 0.1) is 16.0 Å². The van der Waals surface area contributed by atoms with E-state index in [1.54, 1.807) is 17.2 Å². The number of nitro groups is 1. The highest BCUT2D eigenvalue weighted by Gasteiger charge is 2.45. The van der Waals surface area contributed by atoms with Crippen LogP contribution in [0.2, 0.25) is 0 Å². The van der Waals surface area contributed by atoms with Crippen LogP contribution in [0.3, 0.4) is 0 Å². The molecule has 2 aromatic carbocycles. The maximum absolute atomic E-state index is 14.6. The minimum Gasteiger partial charge on any atom is -0.489 e. The van der Waals surface area contributed by atoms with E-state index in [4.69, 9.17) is 24.7 Å². The minimum absolute atomic E-state index is 0.000680. The van der Waals surface area contributed by atoms with E-state index < -0.39 is 38.5 Å². The highest BCUT2D eigenvalue weighted by Crippen LogP contribution is 2.48. The van der Waals surface area contributed by atoms with Crippen molar-refractivity contribution in [2.24, 2.45) is 11.7 Å². The molecule has 4 aliphatic rings. The van der Waals surface area contributed by atoms with Gasteiger partial charge in [0.05, 0.1) is 51.3 Å². The number of nitrogens with zero attached hydrogens (tertiary/aromatic N) is 3. The van der Waals surface area contributed by atoms with Gasteiger partial charge in [0.1, 0.15) is 24.0 Å². The van der Waals surface area contributed by atoms with Crippen LogP contribution in [0.5, 0.6) is 11.6 Å². The van der Waals surface area contributed by atoms with Crippen LogP contribution in [0.25, 0.3) is 11.0 Å². The molecule has 0 bridgehead atoms. The molecule has 1 amide bonds. The molecule has 0 spiro atoms. The summed E-state index contributed by atoms with van der Waals surface area (Å²) in [5.41, 5.74) is 6.46. The maximum atomic E-state index is 14.6. The van der Waals surface area contributed by atoms with Gasteiger partial charge in [-0.25, -0.2) is 8.42 Å². The first-order valence-corrected chi connectivity index (χ1v) is 16.7. The van der Waals surface area contributed by atoms with E-state index in [2.05, 4.69) is 15.3 Å². The van der Waals surface area contributed by atoms with Crippen LogP contribution >= 0.6 is 0 Å². The first-order valence-electron chi connectivity index (χ1n) is 15.2. The number of anilines is 3. The van der Waals surface area contributed by atoms with E-state index in [0.717, 1.165) is 24.3 Å². The SMILES string of the molecule is NC(=O)c1cccc(S(=O)(=O)c2cc3c(c([N+](=O)[O-])c2)N[C@H](C2CCOCC2)CO3)c1N1c2cc3cc[nH]c3nc2O[C@H]2COC[C@H]21. The number of primary amides is 1. The molecule has 0 radical (unpaired) electrons. The number of hydrogen-bond donors (Lipinski definition) is 3. The van der Waals surface area contributed by atoms with Gasteiger partial charge in [-0.1, -0.05) is 6.07 Å². The number of carbonyl (C=O) groups excluding carboxylic acids is 1. The smallest absolute Gasteiger partial charge is 0.297 e. The molecule has 244 valence electrons. The molecular weight excluding hydrogens is 632 g/mol. The molecule has 4 aliphatic heterocycles. The van der Waals surface area contributed by atoms with Crippen molar-refractivity contribution in [1.82, 2.24) is 9.97 Å². The van der Waals surface area contributed by atoms with Crippen LogP contribution < -0.4 is 25.4 Å². The fourth-order valence-electron chi connectivity index (χ4n) is 6.92. The third-order valence-corrected chi connectivity index (χ3v) is 11.0. The quantitative estimate of drug-likeness (QED) is 0.201. The monoisotopic (exact) mass is 662 g/mol. The molecule has 6 heterocycles. The zero-order valence-corrected chi connectivity index (χ0v) is 25.7. The van der Waals surface area contributed by atoms with Crippen LogP contribution in [0.4, 0.5) is 22.7 Å². The number of benzene rings is 2. The van der Waals surface area contributed by atoms with Gasteiger partial charge in [0.15, 0.2) is 11.4 Å². The Morgan fingerprint density at radius 3 is 2.70 bits per heavy atom. The highest BCUT2D eigenvalue weighted by atomic mass is 32.2. The number of nitro benzene ring substituents is 1. The molecule has 2 aromatic heterocycles. The number of amides is 1. The Balaban J connectivity index is 1.28.